The van der Waals surface area contributed by atoms with Gasteiger partial charge in [-0.1, -0.05) is 45.9 Å². The van der Waals surface area contributed by atoms with Crippen LogP contribution in [0, 0.1) is 27.0 Å². The smallest absolute Gasteiger partial charge is 0.326 e. The Morgan fingerprint density at radius 1 is 0.396 bits per heavy atom. The zero-order valence-corrected chi connectivity index (χ0v) is 79.2. The predicted molar refractivity (Wildman–Crippen MR) is 517 cm³/mol. The molecule has 0 unspecified atom stereocenters. The number of fused-ring (bicyclic) bond motifs is 1. The average molecular weight is 2000 g/mol. The van der Waals surface area contributed by atoms with E-state index in [9.17, 15) is 39.3 Å². The van der Waals surface area contributed by atoms with Crippen molar-refractivity contribution in [2.45, 2.75) is 239 Å². The highest BCUT2D eigenvalue weighted by Crippen LogP contribution is 2.26. The number of rotatable bonds is 49. The minimum absolute atomic E-state index is 0.00326. The van der Waals surface area contributed by atoms with Crippen molar-refractivity contribution in [2.24, 2.45) is 57.3 Å². The summed E-state index contributed by atoms with van der Waals surface area (Å²) in [7, 11) is 1.40. The molecular weight excluding hydrogens is 1860 g/mol. The van der Waals surface area contributed by atoms with Crippen LogP contribution in [0.1, 0.15) is 152 Å². The summed E-state index contributed by atoms with van der Waals surface area (Å²) in [6, 6.07) is -14.1. The second-order valence-electron chi connectivity index (χ2n) is 33.0. The molecule has 2 aliphatic rings. The van der Waals surface area contributed by atoms with Gasteiger partial charge in [-0.25, -0.2) is 14.4 Å². The van der Waals surface area contributed by atoms with E-state index in [4.69, 9.17) is 84.4 Å². The van der Waals surface area contributed by atoms with Crippen LogP contribution >= 0.6 is 21.6 Å². The molecule has 56 heteroatoms. The number of nitrogens with two attached hydrogens (primary N) is 10. The number of nitrogens with one attached hydrogen (secondary N) is 24. The van der Waals surface area contributed by atoms with Crippen LogP contribution in [0.25, 0.3) is 0 Å². The Balaban J connectivity index is 2.14. The number of carbonyl (C=O) groups excluding carboxylic acids is 15. The molecular formula is C83H141N35O19S2. The predicted octanol–water partition coefficient (Wildman–Crippen LogP) is -9.03. The quantitative estimate of drug-likeness (QED) is 0.0127. The first kappa shape index (κ1) is 117. The summed E-state index contributed by atoms with van der Waals surface area (Å²) in [5, 5.41) is 120. The zero-order chi connectivity index (χ0) is 103. The number of phenolic OH excluding ortho intramolecular Hbond substituents is 2. The number of urea groups is 2. The molecule has 0 saturated carbocycles. The number of unbranched alkanes of at least 4 members (excludes halogenated alkanes) is 2. The van der Waals surface area contributed by atoms with Crippen LogP contribution in [0.15, 0.2) is 48.5 Å². The third-order valence-corrected chi connectivity index (χ3v) is 24.2. The Kier molecular flexibility index (Phi) is 54.2. The third kappa shape index (κ3) is 47.1. The topological polar surface area (TPSA) is 945 Å². The second-order valence-corrected chi connectivity index (χ2v) is 35.6. The SMILES string of the molecule is N=C(N)NCCC[C@H](NC(=O)[C@@H]1CSSC[C@H](NC(=O)[C@H](CCCNC(=N)N)NC(=O)[C@H](CCCNC(N)=O)NC(=O)[C@@H](N)CCCNC(=N)N)C(=O)N[C@@H](Cc2ccc(O)cc2)C(=O)N[C@@H](CCCNC(=N)N)C(=O)N[C@@H](CCCCN)C(=O)N[C@H](CCCCN)C(=O)N2CCC[C@H]2C(=O)N[C@@H](Cc2ccc(O)cc2)C(=O)N[C@@H](CCCNC(=N)N)C(=O)N[C@@H](CCCNC(N)=O)C(=O)N1)C(=O)O. The largest absolute Gasteiger partial charge is 0.508 e. The number of benzene rings is 2. The van der Waals surface area contributed by atoms with Crippen molar-refractivity contribution in [3.8, 4) is 11.5 Å². The molecule has 0 spiro atoms. The first-order valence-corrected chi connectivity index (χ1v) is 48.2. The lowest BCUT2D eigenvalue weighted by Gasteiger charge is -2.31. The number of carbonyl (C=O) groups is 16. The number of hydrogen-bond acceptors (Lipinski definition) is 28. The fourth-order valence-corrected chi connectivity index (χ4v) is 16.8. The number of guanidine groups is 5. The van der Waals surface area contributed by atoms with Crippen molar-refractivity contribution >= 4 is 146 Å². The Labute approximate surface area is 811 Å². The van der Waals surface area contributed by atoms with Crippen molar-refractivity contribution in [2.75, 3.05) is 77.0 Å². The van der Waals surface area contributed by atoms with E-state index in [0.717, 1.165) is 0 Å². The number of nitrogens with zero attached hydrogens (tertiary/aromatic N) is 1. The molecule has 0 bridgehead atoms. The van der Waals surface area contributed by atoms with E-state index < -0.39 is 228 Å². The summed E-state index contributed by atoms with van der Waals surface area (Å²) >= 11 is 0. The molecule has 2 aliphatic heterocycles. The molecule has 14 atom stereocenters. The van der Waals surface area contributed by atoms with Crippen molar-refractivity contribution in [1.82, 2.24) is 106 Å². The summed E-state index contributed by atoms with van der Waals surface area (Å²) in [4.78, 5) is 235. The summed E-state index contributed by atoms with van der Waals surface area (Å²) in [5.74, 6) is -19.0. The van der Waals surface area contributed by atoms with Crippen LogP contribution in [0.4, 0.5) is 9.59 Å². The minimum Gasteiger partial charge on any atom is -0.508 e. The van der Waals surface area contributed by atoms with Gasteiger partial charge in [0, 0.05) is 76.7 Å². The van der Waals surface area contributed by atoms with Crippen molar-refractivity contribution in [3.63, 3.8) is 0 Å². The van der Waals surface area contributed by atoms with Gasteiger partial charge in [-0.05, 0) is 190 Å². The van der Waals surface area contributed by atoms with Gasteiger partial charge in [0.1, 0.15) is 90.0 Å². The van der Waals surface area contributed by atoms with Gasteiger partial charge in [0.2, 0.25) is 76.8 Å². The number of aromatic hydroxyl groups is 2. The molecule has 2 aromatic carbocycles. The van der Waals surface area contributed by atoms with E-state index in [1.165, 1.54) is 53.4 Å². The fourth-order valence-electron chi connectivity index (χ4n) is 14.5. The van der Waals surface area contributed by atoms with E-state index in [0.29, 0.717) is 40.0 Å². The number of carboxylic acid groups (broad SMARTS) is 1. The molecule has 17 amide bonds. The molecule has 0 radical (unpaired) electrons. The maximum atomic E-state index is 15.8. The summed E-state index contributed by atoms with van der Waals surface area (Å²) < 4.78 is 0. The molecule has 2 aromatic rings. The molecule has 0 aromatic heterocycles. The van der Waals surface area contributed by atoms with Crippen LogP contribution in [0.2, 0.25) is 0 Å². The van der Waals surface area contributed by atoms with Crippen molar-refractivity contribution in [1.29, 1.82) is 27.0 Å². The Morgan fingerprint density at radius 3 is 1.17 bits per heavy atom. The lowest BCUT2D eigenvalue weighted by atomic mass is 10.0. The number of primary amides is 2. The van der Waals surface area contributed by atoms with E-state index in [1.807, 2.05) is 0 Å². The van der Waals surface area contributed by atoms with E-state index in [2.05, 4.69) is 101 Å². The van der Waals surface area contributed by atoms with Gasteiger partial charge in [-0.2, -0.15) is 0 Å². The van der Waals surface area contributed by atoms with E-state index in [1.54, 1.807) is 0 Å². The van der Waals surface area contributed by atoms with Crippen LogP contribution in [0.3, 0.4) is 0 Å². The zero-order valence-electron chi connectivity index (χ0n) is 77.6. The van der Waals surface area contributed by atoms with Gasteiger partial charge < -0.3 is 179 Å². The molecule has 139 heavy (non-hydrogen) atoms. The number of carboxylic acids is 1. The van der Waals surface area contributed by atoms with Crippen molar-refractivity contribution in [3.05, 3.63) is 59.7 Å². The van der Waals surface area contributed by atoms with Gasteiger partial charge in [-0.3, -0.25) is 89.4 Å². The summed E-state index contributed by atoms with van der Waals surface area (Å²) in [6.07, 6.45) is -1.87. The Bertz CT molecular complexity index is 4440. The number of amides is 17. The molecule has 0 aliphatic carbocycles. The highest BCUT2D eigenvalue weighted by molar-refractivity contribution is 8.76. The van der Waals surface area contributed by atoms with Gasteiger partial charge in [0.05, 0.1) is 6.04 Å². The average Bonchev–Trinajstić information content (AvgIpc) is 1.64. The van der Waals surface area contributed by atoms with Gasteiger partial charge >= 0.3 is 18.0 Å². The Hall–Kier alpha value is -13.9. The number of phenols is 2. The summed E-state index contributed by atoms with van der Waals surface area (Å²) in [6.45, 7) is -0.378. The number of aliphatic carboxylic acids is 1. The van der Waals surface area contributed by atoms with Crippen LogP contribution in [-0.4, -0.2) is 306 Å². The van der Waals surface area contributed by atoms with E-state index in [-0.39, 0.29) is 217 Å². The highest BCUT2D eigenvalue weighted by atomic mass is 33.1. The molecule has 4 rings (SSSR count). The van der Waals surface area contributed by atoms with E-state index >= 15 is 52.7 Å². The fraction of sp³-hybridized carbons (Fsp3) is 0.602. The normalized spacial score (nSPS) is 20.4. The van der Waals surface area contributed by atoms with Gasteiger partial charge in [0.15, 0.2) is 29.8 Å². The standard InChI is InChI=1S/C83H141N35O19S2/c84-31-3-1-14-50-67(125)112-56(15-2-4-32-85)75(133)118-40-12-22-62(118)74(132)115-59(42-46-25-29-48(120)30-26-46)71(129)111-53(17-7-35-101-79(91)92)66(124)109-55(20-10-39-105-83(98)137)69(127)116-60(72(130)113-57(76(134)135)21-11-37-103-81(95)96)43-138-139-44-61(73(131)114-58(41-45-23-27-47(119)28-24-45)70(128)110-52(65(123)107-50)16-6-34-100-78(89)90)117-68(126)54(18-8-36-102-80(93)94)108-64(122)51(19-9-38-104-82(97)136)106-63(121)49(86)13-5-33-99-77(87)88/h23-30,49-62,119-120H,1-22,31-44,84-86H2,(H,106,121)(H,107,123)(H,108,122)(H,109,124)(H,110,128)(H,111,129)(H,112,125)(H,113,130)(H,114,131)(H,115,132)(H,116,127)(H,117,126)(H,134,135)(H4,87,88,99)(H4,89,90,100)(H4,91,92,101)(H4,93,94,102)(H4,95,96,103)(H3,97,104,136)(H3,98,105,137)/t49-,50-,51-,52-,53-,54-,55-,56+,57-,58-,59-,60-,61-,62-/m0/s1. The molecule has 2 fully saturated rings. The molecule has 54 nitrogen and oxygen atoms in total. The molecule has 2 heterocycles. The molecule has 774 valence electrons. The second kappa shape index (κ2) is 64.2. The molecule has 2 saturated heterocycles. The Morgan fingerprint density at radius 2 is 0.741 bits per heavy atom. The first-order chi connectivity index (χ1) is 66.1. The van der Waals surface area contributed by atoms with Crippen molar-refractivity contribution < 1.29 is 92.0 Å². The maximum Gasteiger partial charge on any atom is 0.326 e. The van der Waals surface area contributed by atoms with Crippen LogP contribution < -0.4 is 158 Å². The van der Waals surface area contributed by atoms with Crippen LogP contribution in [-0.2, 0) is 80.0 Å². The van der Waals surface area contributed by atoms with Gasteiger partial charge in [0.25, 0.3) is 0 Å². The monoisotopic (exact) mass is 2000 g/mol. The van der Waals surface area contributed by atoms with Crippen LogP contribution in [0.5, 0.6) is 11.5 Å². The minimum atomic E-state index is -1.93. The molecule has 47 N–H and O–H groups in total. The maximum absolute atomic E-state index is 15.8. The lowest BCUT2D eigenvalue weighted by Crippen LogP contribution is -2.61. The summed E-state index contributed by atoms with van der Waals surface area (Å²) in [5.41, 5.74) is 57.4. The number of hydrogen-bond donors (Lipinski definition) is 37. The lowest BCUT2D eigenvalue weighted by molar-refractivity contribution is -0.142. The first-order valence-electron chi connectivity index (χ1n) is 45.7. The third-order valence-electron chi connectivity index (χ3n) is 21.8. The highest BCUT2D eigenvalue weighted by Gasteiger charge is 2.42. The van der Waals surface area contributed by atoms with Gasteiger partial charge in [-0.15, -0.1) is 0 Å².